The fourth-order valence-electron chi connectivity index (χ4n) is 2.70. The number of anilines is 1. The van der Waals surface area contributed by atoms with Crippen LogP contribution in [0.1, 0.15) is 28.8 Å². The van der Waals surface area contributed by atoms with E-state index in [2.05, 4.69) is 5.32 Å². The SMILES string of the molecule is Nc1c(F)cc(F)c2c1CN([C@H]1CCC(=O)NC1=O)C2=O. The number of benzene rings is 1. The number of hydrogen-bond donors (Lipinski definition) is 2. The molecule has 0 aromatic heterocycles. The van der Waals surface area contributed by atoms with Crippen LogP contribution in [0.5, 0.6) is 0 Å². The van der Waals surface area contributed by atoms with E-state index in [4.69, 9.17) is 5.73 Å². The van der Waals surface area contributed by atoms with Gasteiger partial charge in [-0.3, -0.25) is 19.7 Å². The van der Waals surface area contributed by atoms with Gasteiger partial charge in [0.1, 0.15) is 17.7 Å². The summed E-state index contributed by atoms with van der Waals surface area (Å²) in [4.78, 5) is 36.3. The number of rotatable bonds is 1. The average molecular weight is 295 g/mol. The molecule has 21 heavy (non-hydrogen) atoms. The molecule has 0 radical (unpaired) electrons. The van der Waals surface area contributed by atoms with E-state index in [0.29, 0.717) is 6.07 Å². The molecule has 6 nitrogen and oxygen atoms in total. The summed E-state index contributed by atoms with van der Waals surface area (Å²) in [6.07, 6.45) is 0.233. The van der Waals surface area contributed by atoms with Crippen LogP contribution in [0.4, 0.5) is 14.5 Å². The largest absolute Gasteiger partial charge is 0.396 e. The van der Waals surface area contributed by atoms with Crippen molar-refractivity contribution in [2.75, 3.05) is 5.73 Å². The van der Waals surface area contributed by atoms with Gasteiger partial charge in [0.15, 0.2) is 0 Å². The molecule has 1 aromatic rings. The molecule has 110 valence electrons. The van der Waals surface area contributed by atoms with E-state index in [1.807, 2.05) is 0 Å². The summed E-state index contributed by atoms with van der Waals surface area (Å²) in [5.74, 6) is -3.70. The number of nitrogens with two attached hydrogens (primary N) is 1. The minimum absolute atomic E-state index is 0.0437. The van der Waals surface area contributed by atoms with E-state index < -0.39 is 35.4 Å². The van der Waals surface area contributed by atoms with Crippen LogP contribution in [0.15, 0.2) is 6.07 Å². The molecule has 3 amide bonds. The highest BCUT2D eigenvalue weighted by atomic mass is 19.1. The van der Waals surface area contributed by atoms with E-state index in [9.17, 15) is 23.2 Å². The zero-order chi connectivity index (χ0) is 15.3. The van der Waals surface area contributed by atoms with Crippen LogP contribution in [0.25, 0.3) is 0 Å². The highest BCUT2D eigenvalue weighted by Gasteiger charge is 2.41. The van der Waals surface area contributed by atoms with Crippen molar-refractivity contribution in [3.05, 3.63) is 28.8 Å². The lowest BCUT2D eigenvalue weighted by atomic mass is 10.0. The number of imide groups is 1. The van der Waals surface area contributed by atoms with Gasteiger partial charge in [-0.15, -0.1) is 0 Å². The Labute approximate surface area is 117 Å². The molecule has 3 N–H and O–H groups in total. The van der Waals surface area contributed by atoms with Crippen LogP contribution in [0, 0.1) is 11.6 Å². The van der Waals surface area contributed by atoms with E-state index in [1.165, 1.54) is 0 Å². The molecule has 1 atom stereocenters. The minimum Gasteiger partial charge on any atom is -0.396 e. The predicted molar refractivity (Wildman–Crippen MR) is 66.8 cm³/mol. The van der Waals surface area contributed by atoms with Crippen LogP contribution < -0.4 is 11.1 Å². The van der Waals surface area contributed by atoms with Crippen LogP contribution >= 0.6 is 0 Å². The maximum atomic E-state index is 13.8. The fourth-order valence-corrected chi connectivity index (χ4v) is 2.70. The van der Waals surface area contributed by atoms with Gasteiger partial charge in [0.2, 0.25) is 11.8 Å². The number of carbonyl (C=O) groups is 3. The van der Waals surface area contributed by atoms with Crippen molar-refractivity contribution in [3.8, 4) is 0 Å². The third-order valence-corrected chi connectivity index (χ3v) is 3.77. The monoisotopic (exact) mass is 295 g/mol. The molecular weight excluding hydrogens is 284 g/mol. The number of fused-ring (bicyclic) bond motifs is 1. The minimum atomic E-state index is -1.00. The molecule has 2 heterocycles. The second-order valence-corrected chi connectivity index (χ2v) is 5.01. The summed E-state index contributed by atoms with van der Waals surface area (Å²) in [5.41, 5.74) is 4.98. The number of amides is 3. The average Bonchev–Trinajstić information content (AvgIpc) is 2.75. The topological polar surface area (TPSA) is 92.5 Å². The van der Waals surface area contributed by atoms with Crippen molar-refractivity contribution in [1.29, 1.82) is 0 Å². The molecular formula is C13H11F2N3O3. The van der Waals surface area contributed by atoms with Gasteiger partial charge in [0, 0.05) is 24.6 Å². The van der Waals surface area contributed by atoms with Gasteiger partial charge in [-0.05, 0) is 6.42 Å². The van der Waals surface area contributed by atoms with Crippen molar-refractivity contribution in [3.63, 3.8) is 0 Å². The van der Waals surface area contributed by atoms with Crippen molar-refractivity contribution < 1.29 is 23.2 Å². The molecule has 0 saturated carbocycles. The van der Waals surface area contributed by atoms with Gasteiger partial charge in [-0.25, -0.2) is 8.78 Å². The van der Waals surface area contributed by atoms with Gasteiger partial charge in [0.05, 0.1) is 11.3 Å². The summed E-state index contributed by atoms with van der Waals surface area (Å²) in [7, 11) is 0. The zero-order valence-corrected chi connectivity index (χ0v) is 10.8. The van der Waals surface area contributed by atoms with E-state index in [0.717, 1.165) is 4.90 Å². The summed E-state index contributed by atoms with van der Waals surface area (Å²) in [6.45, 7) is -0.152. The highest BCUT2D eigenvalue weighted by Crippen LogP contribution is 2.34. The number of hydrogen-bond acceptors (Lipinski definition) is 4. The molecule has 0 aliphatic carbocycles. The van der Waals surface area contributed by atoms with Crippen molar-refractivity contribution in [2.24, 2.45) is 0 Å². The summed E-state index contributed by atoms with van der Waals surface area (Å²) in [5, 5.41) is 2.12. The summed E-state index contributed by atoms with van der Waals surface area (Å²) >= 11 is 0. The van der Waals surface area contributed by atoms with Crippen LogP contribution in [0.2, 0.25) is 0 Å². The van der Waals surface area contributed by atoms with Gasteiger partial charge in [-0.2, -0.15) is 0 Å². The molecule has 8 heteroatoms. The van der Waals surface area contributed by atoms with Crippen LogP contribution in [-0.4, -0.2) is 28.7 Å². The summed E-state index contributed by atoms with van der Waals surface area (Å²) < 4.78 is 27.2. The smallest absolute Gasteiger partial charge is 0.258 e. The third kappa shape index (κ3) is 1.94. The van der Waals surface area contributed by atoms with Gasteiger partial charge in [0.25, 0.3) is 5.91 Å². The number of carbonyl (C=O) groups excluding carboxylic acids is 3. The van der Waals surface area contributed by atoms with E-state index >= 15 is 0 Å². The van der Waals surface area contributed by atoms with Crippen LogP contribution in [-0.2, 0) is 16.1 Å². The normalized spacial score (nSPS) is 21.5. The Morgan fingerprint density at radius 3 is 2.62 bits per heavy atom. The van der Waals surface area contributed by atoms with Gasteiger partial charge in [-0.1, -0.05) is 0 Å². The Morgan fingerprint density at radius 1 is 1.24 bits per heavy atom. The zero-order valence-electron chi connectivity index (χ0n) is 10.8. The van der Waals surface area contributed by atoms with Crippen molar-refractivity contribution in [2.45, 2.75) is 25.4 Å². The quantitative estimate of drug-likeness (QED) is 0.576. The molecule has 1 saturated heterocycles. The Bertz CT molecular complexity index is 690. The number of halogens is 2. The lowest BCUT2D eigenvalue weighted by Crippen LogP contribution is -2.52. The molecule has 2 aliphatic heterocycles. The second-order valence-electron chi connectivity index (χ2n) is 5.01. The Morgan fingerprint density at radius 2 is 1.95 bits per heavy atom. The molecule has 0 unspecified atom stereocenters. The molecule has 2 aliphatic rings. The predicted octanol–water partition coefficient (Wildman–Crippen LogP) is 0.308. The van der Waals surface area contributed by atoms with Gasteiger partial charge >= 0.3 is 0 Å². The highest BCUT2D eigenvalue weighted by molar-refractivity contribution is 6.06. The van der Waals surface area contributed by atoms with Crippen LogP contribution in [0.3, 0.4) is 0 Å². The maximum Gasteiger partial charge on any atom is 0.258 e. The lowest BCUT2D eigenvalue weighted by molar-refractivity contribution is -0.136. The van der Waals surface area contributed by atoms with Gasteiger partial charge < -0.3 is 10.6 Å². The fraction of sp³-hybridized carbons (Fsp3) is 0.308. The molecule has 1 aromatic carbocycles. The third-order valence-electron chi connectivity index (χ3n) is 3.77. The number of piperidine rings is 1. The van der Waals surface area contributed by atoms with Crippen molar-refractivity contribution in [1.82, 2.24) is 10.2 Å². The molecule has 0 bridgehead atoms. The number of nitrogen functional groups attached to an aromatic ring is 1. The second kappa shape index (κ2) is 4.51. The Kier molecular flexibility index (Phi) is 2.89. The molecule has 1 fully saturated rings. The first-order valence-electron chi connectivity index (χ1n) is 6.31. The van der Waals surface area contributed by atoms with E-state index in [1.54, 1.807) is 0 Å². The van der Waals surface area contributed by atoms with E-state index in [-0.39, 0.29) is 36.2 Å². The molecule has 3 rings (SSSR count). The Hall–Kier alpha value is -2.51. The maximum absolute atomic E-state index is 13.8. The lowest BCUT2D eigenvalue weighted by Gasteiger charge is -2.29. The number of nitrogens with zero attached hydrogens (tertiary/aromatic N) is 1. The molecule has 0 spiro atoms. The standard InChI is InChI=1S/C13H11F2N3O3/c14-6-3-7(15)11(16)5-4-18(13(21)10(5)6)8-1-2-9(19)17-12(8)20/h3,8H,1-2,4,16H2,(H,17,19,20)/t8-/m0/s1. The first kappa shape index (κ1) is 13.5. The first-order chi connectivity index (χ1) is 9.90. The number of nitrogens with one attached hydrogen (secondary N) is 1. The Balaban J connectivity index is 1.97. The summed E-state index contributed by atoms with van der Waals surface area (Å²) in [6, 6.07) is -0.329. The van der Waals surface area contributed by atoms with Crippen molar-refractivity contribution >= 4 is 23.4 Å². The first-order valence-corrected chi connectivity index (χ1v) is 6.31.